The first-order chi connectivity index (χ1) is 12.7. The lowest BCUT2D eigenvalue weighted by Gasteiger charge is -2.31. The molecule has 0 atom stereocenters. The number of furan rings is 1. The van der Waals surface area contributed by atoms with Gasteiger partial charge in [0.2, 0.25) is 0 Å². The summed E-state index contributed by atoms with van der Waals surface area (Å²) in [5.41, 5.74) is 0. The zero-order valence-electron chi connectivity index (χ0n) is 15.5. The molecule has 7 heteroatoms. The van der Waals surface area contributed by atoms with E-state index in [1.165, 1.54) is 0 Å². The number of rotatable bonds is 6. The van der Waals surface area contributed by atoms with Gasteiger partial charge in [0.1, 0.15) is 17.3 Å². The number of piperidine rings is 1. The number of hydrogen-bond acceptors (Lipinski definition) is 5. The molecular formula is C19H26N6O. The molecule has 0 aliphatic carbocycles. The maximum Gasteiger partial charge on any atom is 0.153 e. The molecule has 0 radical (unpaired) electrons. The predicted molar refractivity (Wildman–Crippen MR) is 97.7 cm³/mol. The van der Waals surface area contributed by atoms with Gasteiger partial charge in [0.05, 0.1) is 19.4 Å². The molecule has 7 nitrogen and oxygen atoms in total. The Labute approximate surface area is 153 Å². The minimum atomic E-state index is 0.480. The molecule has 1 saturated heterocycles. The van der Waals surface area contributed by atoms with Crippen molar-refractivity contribution in [2.24, 2.45) is 0 Å². The first-order valence-electron chi connectivity index (χ1n) is 9.38. The molecule has 1 fully saturated rings. The summed E-state index contributed by atoms with van der Waals surface area (Å²) in [4.78, 5) is 6.57. The van der Waals surface area contributed by atoms with Gasteiger partial charge in [-0.2, -0.15) is 0 Å². The largest absolute Gasteiger partial charge is 0.465 e. The molecule has 0 spiro atoms. The van der Waals surface area contributed by atoms with Gasteiger partial charge in [0, 0.05) is 24.9 Å². The van der Waals surface area contributed by atoms with Crippen molar-refractivity contribution in [3.05, 3.63) is 54.0 Å². The molecule has 138 valence electrons. The van der Waals surface area contributed by atoms with Gasteiger partial charge in [-0.3, -0.25) is 4.90 Å². The Morgan fingerprint density at radius 3 is 2.65 bits per heavy atom. The second-order valence-electron chi connectivity index (χ2n) is 7.02. The van der Waals surface area contributed by atoms with Crippen LogP contribution in [0.3, 0.4) is 0 Å². The van der Waals surface area contributed by atoms with Crippen LogP contribution >= 0.6 is 0 Å². The van der Waals surface area contributed by atoms with Crippen molar-refractivity contribution >= 4 is 0 Å². The molecule has 0 N–H and O–H groups in total. The third kappa shape index (κ3) is 3.58. The quantitative estimate of drug-likeness (QED) is 0.681. The molecule has 0 bridgehead atoms. The van der Waals surface area contributed by atoms with E-state index < -0.39 is 0 Å². The standard InChI is InChI=1S/C19H26N6O/c1-3-25-18(13-24-11-8-20-14-24)21-22-19(25)16-6-9-23(10-7-16)12-17-5-4-15(2)26-17/h4-5,8,11,14,16H,3,6-7,9-10,12-13H2,1-2H3. The van der Waals surface area contributed by atoms with Crippen molar-refractivity contribution in [1.29, 1.82) is 0 Å². The molecule has 26 heavy (non-hydrogen) atoms. The summed E-state index contributed by atoms with van der Waals surface area (Å²) in [5.74, 6) is 4.66. The molecule has 4 heterocycles. The molecule has 0 saturated carbocycles. The van der Waals surface area contributed by atoms with Crippen molar-refractivity contribution < 1.29 is 4.42 Å². The Bertz CT molecular complexity index is 826. The third-order valence-corrected chi connectivity index (χ3v) is 5.18. The first kappa shape index (κ1) is 17.0. The number of aromatic nitrogens is 5. The van der Waals surface area contributed by atoms with Crippen LogP contribution in [-0.4, -0.2) is 42.3 Å². The van der Waals surface area contributed by atoms with Gasteiger partial charge in [-0.05, 0) is 51.9 Å². The molecule has 3 aromatic heterocycles. The molecule has 1 aliphatic heterocycles. The summed E-state index contributed by atoms with van der Waals surface area (Å²) in [6.45, 7) is 8.81. The Balaban J connectivity index is 1.40. The topological polar surface area (TPSA) is 64.9 Å². The predicted octanol–water partition coefficient (Wildman–Crippen LogP) is 2.82. The number of aryl methyl sites for hydroxylation is 1. The first-order valence-corrected chi connectivity index (χ1v) is 9.38. The van der Waals surface area contributed by atoms with Crippen LogP contribution in [0.2, 0.25) is 0 Å². The normalized spacial score (nSPS) is 16.4. The van der Waals surface area contributed by atoms with Crippen LogP contribution in [0.5, 0.6) is 0 Å². The Morgan fingerprint density at radius 1 is 1.15 bits per heavy atom. The fourth-order valence-electron chi connectivity index (χ4n) is 3.80. The Hall–Kier alpha value is -2.41. The SMILES string of the molecule is CCn1c(Cn2ccnc2)nnc1C1CCN(Cc2ccc(C)o2)CC1. The van der Waals surface area contributed by atoms with E-state index >= 15 is 0 Å². The van der Waals surface area contributed by atoms with Crippen molar-refractivity contribution in [3.8, 4) is 0 Å². The Morgan fingerprint density at radius 2 is 2.00 bits per heavy atom. The lowest BCUT2D eigenvalue weighted by Crippen LogP contribution is -2.33. The van der Waals surface area contributed by atoms with Gasteiger partial charge in [0.25, 0.3) is 0 Å². The van der Waals surface area contributed by atoms with E-state index in [4.69, 9.17) is 4.42 Å². The summed E-state index contributed by atoms with van der Waals surface area (Å²) < 4.78 is 10.0. The summed E-state index contributed by atoms with van der Waals surface area (Å²) in [6.07, 6.45) is 7.81. The number of hydrogen-bond donors (Lipinski definition) is 0. The Kier molecular flexibility index (Phi) is 4.88. The molecule has 4 rings (SSSR count). The third-order valence-electron chi connectivity index (χ3n) is 5.18. The van der Waals surface area contributed by atoms with E-state index in [0.29, 0.717) is 5.92 Å². The lowest BCUT2D eigenvalue weighted by molar-refractivity contribution is 0.186. The highest BCUT2D eigenvalue weighted by molar-refractivity contribution is 5.07. The highest BCUT2D eigenvalue weighted by Crippen LogP contribution is 2.28. The van der Waals surface area contributed by atoms with E-state index in [-0.39, 0.29) is 0 Å². The second-order valence-corrected chi connectivity index (χ2v) is 7.02. The maximum absolute atomic E-state index is 5.71. The smallest absolute Gasteiger partial charge is 0.153 e. The van der Waals surface area contributed by atoms with E-state index in [0.717, 1.165) is 68.7 Å². The zero-order chi connectivity index (χ0) is 17.9. The minimum absolute atomic E-state index is 0.480. The van der Waals surface area contributed by atoms with Crippen LogP contribution in [0.4, 0.5) is 0 Å². The van der Waals surface area contributed by atoms with Gasteiger partial charge in [0.15, 0.2) is 5.82 Å². The molecule has 0 unspecified atom stereocenters. The second kappa shape index (κ2) is 7.45. The fraction of sp³-hybridized carbons (Fsp3) is 0.526. The molecule has 0 aromatic carbocycles. The number of nitrogens with zero attached hydrogens (tertiary/aromatic N) is 6. The van der Waals surface area contributed by atoms with Gasteiger partial charge < -0.3 is 13.6 Å². The van der Waals surface area contributed by atoms with Gasteiger partial charge >= 0.3 is 0 Å². The van der Waals surface area contributed by atoms with E-state index in [1.807, 2.05) is 30.1 Å². The summed E-state index contributed by atoms with van der Waals surface area (Å²) in [5, 5.41) is 9.01. The molecule has 3 aromatic rings. The van der Waals surface area contributed by atoms with Gasteiger partial charge in [-0.1, -0.05) is 0 Å². The number of imidazole rings is 1. The van der Waals surface area contributed by atoms with Gasteiger partial charge in [-0.15, -0.1) is 10.2 Å². The van der Waals surface area contributed by atoms with E-state index in [9.17, 15) is 0 Å². The summed E-state index contributed by atoms with van der Waals surface area (Å²) >= 11 is 0. The minimum Gasteiger partial charge on any atom is -0.465 e. The average molecular weight is 354 g/mol. The van der Waals surface area contributed by atoms with Crippen LogP contribution in [0.1, 0.15) is 48.9 Å². The fourth-order valence-corrected chi connectivity index (χ4v) is 3.80. The summed E-state index contributed by atoms with van der Waals surface area (Å²) in [7, 11) is 0. The van der Waals surface area contributed by atoms with Crippen LogP contribution < -0.4 is 0 Å². The average Bonchev–Trinajstić information content (AvgIpc) is 3.38. The van der Waals surface area contributed by atoms with E-state index in [1.54, 1.807) is 6.20 Å². The highest BCUT2D eigenvalue weighted by Gasteiger charge is 2.26. The van der Waals surface area contributed by atoms with Crippen molar-refractivity contribution in [3.63, 3.8) is 0 Å². The van der Waals surface area contributed by atoms with Crippen molar-refractivity contribution in [2.45, 2.75) is 52.2 Å². The van der Waals surface area contributed by atoms with Crippen molar-refractivity contribution in [2.75, 3.05) is 13.1 Å². The van der Waals surface area contributed by atoms with Crippen LogP contribution in [0.25, 0.3) is 0 Å². The summed E-state index contributed by atoms with van der Waals surface area (Å²) in [6, 6.07) is 4.12. The lowest BCUT2D eigenvalue weighted by atomic mass is 9.95. The highest BCUT2D eigenvalue weighted by atomic mass is 16.3. The molecule has 0 amide bonds. The monoisotopic (exact) mass is 354 g/mol. The van der Waals surface area contributed by atoms with Gasteiger partial charge in [-0.25, -0.2) is 4.98 Å². The number of likely N-dealkylation sites (tertiary alicyclic amines) is 1. The molecular weight excluding hydrogens is 328 g/mol. The van der Waals surface area contributed by atoms with Crippen LogP contribution in [0.15, 0.2) is 35.3 Å². The van der Waals surface area contributed by atoms with Crippen LogP contribution in [0, 0.1) is 6.92 Å². The van der Waals surface area contributed by atoms with Crippen molar-refractivity contribution in [1.82, 2.24) is 29.2 Å². The van der Waals surface area contributed by atoms with E-state index in [2.05, 4.69) is 37.6 Å². The molecule has 1 aliphatic rings. The zero-order valence-corrected chi connectivity index (χ0v) is 15.5. The maximum atomic E-state index is 5.71. The van der Waals surface area contributed by atoms with Crippen LogP contribution in [-0.2, 0) is 19.6 Å².